The molecule has 18 heteroatoms. The Kier molecular flexibility index (Phi) is 20.8. The summed E-state index contributed by atoms with van der Waals surface area (Å²) in [4.78, 5) is 48.5. The molecule has 0 aromatic heterocycles. The van der Waals surface area contributed by atoms with E-state index in [1.54, 1.807) is 107 Å². The molecule has 67 heavy (non-hydrogen) atoms. The molecular weight excluding hydrogens is 899 g/mol. The smallest absolute Gasteiger partial charge is 0.408 e. The Bertz CT molecular complexity index is 2440. The fourth-order valence-electron chi connectivity index (χ4n) is 5.73. The number of nitrogens with two attached hydrogens (primary N) is 1. The maximum absolute atomic E-state index is 13.1. The van der Waals surface area contributed by atoms with Gasteiger partial charge < -0.3 is 30.9 Å². The van der Waals surface area contributed by atoms with Crippen molar-refractivity contribution in [3.63, 3.8) is 0 Å². The minimum absolute atomic E-state index is 0.0420. The van der Waals surface area contributed by atoms with E-state index in [0.29, 0.717) is 17.7 Å². The summed E-state index contributed by atoms with van der Waals surface area (Å²) in [5.74, 6) is -1.29. The fourth-order valence-corrected chi connectivity index (χ4v) is 8.56. The van der Waals surface area contributed by atoms with Gasteiger partial charge in [-0.3, -0.25) is 4.79 Å². The van der Waals surface area contributed by atoms with Crippen molar-refractivity contribution in [2.45, 2.75) is 147 Å². The number of carboxylic acid groups (broad SMARTS) is 1. The molecule has 0 bridgehead atoms. The zero-order valence-corrected chi connectivity index (χ0v) is 42.2. The molecular formula is C49H69N5O11S2. The number of carbonyl (C=O) groups is 4. The summed E-state index contributed by atoms with van der Waals surface area (Å²) in [6, 6.07) is 29.0. The van der Waals surface area contributed by atoms with Gasteiger partial charge in [-0.25, -0.2) is 40.7 Å². The Hall–Kier alpha value is -5.82. The molecule has 16 nitrogen and oxygen atoms in total. The number of nitrogens with one attached hydrogen (secondary N) is 4. The molecule has 0 unspecified atom stereocenters. The highest BCUT2D eigenvalue weighted by Crippen LogP contribution is 2.17. The number of nitrogen functional groups attached to an aromatic ring is 1. The first-order valence-electron chi connectivity index (χ1n) is 21.5. The van der Waals surface area contributed by atoms with Gasteiger partial charge in [0.25, 0.3) is 0 Å². The zero-order chi connectivity index (χ0) is 51.0. The number of carboxylic acids is 1. The molecule has 4 aromatic carbocycles. The Morgan fingerprint density at radius 3 is 1.21 bits per heavy atom. The number of rotatable bonds is 14. The summed E-state index contributed by atoms with van der Waals surface area (Å²) in [6.45, 7) is 21.1. The van der Waals surface area contributed by atoms with E-state index in [-0.39, 0.29) is 28.4 Å². The third-order valence-corrected chi connectivity index (χ3v) is 11.9. The van der Waals surface area contributed by atoms with Gasteiger partial charge in [-0.15, -0.1) is 0 Å². The van der Waals surface area contributed by atoms with Crippen LogP contribution in [0, 0.1) is 0 Å². The van der Waals surface area contributed by atoms with Crippen LogP contribution in [0.1, 0.15) is 99.8 Å². The highest BCUT2D eigenvalue weighted by atomic mass is 32.2. The van der Waals surface area contributed by atoms with Crippen molar-refractivity contribution < 1.29 is 50.6 Å². The number of ether oxygens (including phenoxy) is 2. The van der Waals surface area contributed by atoms with E-state index in [2.05, 4.69) is 20.1 Å². The molecule has 0 aliphatic rings. The molecule has 0 saturated heterocycles. The van der Waals surface area contributed by atoms with Crippen LogP contribution in [0.5, 0.6) is 0 Å². The van der Waals surface area contributed by atoms with Crippen molar-refractivity contribution in [3.8, 4) is 0 Å². The molecule has 0 aliphatic carbocycles. The lowest BCUT2D eigenvalue weighted by molar-refractivity contribution is -0.139. The number of amides is 2. The number of ketones is 1. The Morgan fingerprint density at radius 1 is 0.522 bits per heavy atom. The van der Waals surface area contributed by atoms with Gasteiger partial charge in [0.15, 0.2) is 5.78 Å². The first-order chi connectivity index (χ1) is 30.6. The lowest BCUT2D eigenvalue weighted by Gasteiger charge is -2.23. The summed E-state index contributed by atoms with van der Waals surface area (Å²) in [6.07, 6.45) is -0.807. The number of anilines is 1. The van der Waals surface area contributed by atoms with Crippen molar-refractivity contribution in [2.75, 3.05) is 5.73 Å². The van der Waals surface area contributed by atoms with E-state index in [1.165, 1.54) is 24.3 Å². The van der Waals surface area contributed by atoms with Crippen LogP contribution >= 0.6 is 0 Å². The molecule has 2 atom stereocenters. The Labute approximate surface area is 396 Å². The quantitative estimate of drug-likeness (QED) is 0.0670. The van der Waals surface area contributed by atoms with Crippen LogP contribution in [0.3, 0.4) is 0 Å². The van der Waals surface area contributed by atoms with E-state index in [1.807, 2.05) is 60.7 Å². The SMILES string of the molecule is CC(C)(C)NS(=O)(=O)c1ccc(CC(=O)[C@H](Cc2ccccc2)NC(=O)OC(C)(C)C)cc1.CC(C)(C)NS(=O)(=O)c1ccc(N)cc1.CC(C)(C)OC(=O)N[C@@H](Cc1ccccc1)C(=O)O. The molecule has 0 heterocycles. The average molecular weight is 968 g/mol. The molecule has 0 fully saturated rings. The largest absolute Gasteiger partial charge is 0.480 e. The predicted octanol–water partition coefficient (Wildman–Crippen LogP) is 7.56. The Morgan fingerprint density at radius 2 is 0.866 bits per heavy atom. The van der Waals surface area contributed by atoms with Crippen molar-refractivity contribution in [2.24, 2.45) is 0 Å². The van der Waals surface area contributed by atoms with Crippen LogP contribution in [0.2, 0.25) is 0 Å². The second-order valence-corrected chi connectivity index (χ2v) is 23.0. The summed E-state index contributed by atoms with van der Waals surface area (Å²) in [5.41, 5.74) is 5.99. The van der Waals surface area contributed by atoms with Crippen LogP contribution in [0.25, 0.3) is 0 Å². The second-order valence-electron chi connectivity index (χ2n) is 19.7. The third-order valence-electron chi connectivity index (χ3n) is 8.32. The van der Waals surface area contributed by atoms with Crippen molar-refractivity contribution in [1.82, 2.24) is 20.1 Å². The topological polar surface area (TPSA) is 249 Å². The molecule has 0 radical (unpaired) electrons. The van der Waals surface area contributed by atoms with Gasteiger partial charge in [0, 0.05) is 29.6 Å². The van der Waals surface area contributed by atoms with E-state index in [4.69, 9.17) is 20.3 Å². The number of hydrogen-bond donors (Lipinski definition) is 6. The summed E-state index contributed by atoms with van der Waals surface area (Å²) in [7, 11) is -7.10. The minimum atomic E-state index is -3.66. The molecule has 0 saturated carbocycles. The molecule has 4 aromatic rings. The van der Waals surface area contributed by atoms with Gasteiger partial charge >= 0.3 is 18.2 Å². The zero-order valence-electron chi connectivity index (χ0n) is 40.6. The highest BCUT2D eigenvalue weighted by Gasteiger charge is 2.27. The number of alkyl carbamates (subject to hydrolysis) is 2. The highest BCUT2D eigenvalue weighted by molar-refractivity contribution is 7.89. The normalized spacial score (nSPS) is 13.0. The molecule has 7 N–H and O–H groups in total. The number of Topliss-reactive ketones (excluding diaryl/α,β-unsaturated/α-hetero) is 1. The number of aliphatic carboxylic acids is 1. The van der Waals surface area contributed by atoms with Crippen LogP contribution in [-0.4, -0.2) is 80.2 Å². The van der Waals surface area contributed by atoms with E-state index in [9.17, 15) is 36.0 Å². The van der Waals surface area contributed by atoms with Crippen LogP contribution in [0.15, 0.2) is 119 Å². The van der Waals surface area contributed by atoms with Gasteiger partial charge in [-0.1, -0.05) is 72.8 Å². The molecule has 0 aliphatic heterocycles. The maximum atomic E-state index is 13.1. The Balaban J connectivity index is 0.000000382. The number of benzene rings is 4. The summed E-state index contributed by atoms with van der Waals surface area (Å²) >= 11 is 0. The van der Waals surface area contributed by atoms with Gasteiger partial charge in [0.1, 0.15) is 17.2 Å². The van der Waals surface area contributed by atoms with Gasteiger partial charge in [0.2, 0.25) is 20.0 Å². The lowest BCUT2D eigenvalue weighted by atomic mass is 9.98. The van der Waals surface area contributed by atoms with Gasteiger partial charge in [-0.05, 0) is 143 Å². The first kappa shape index (κ1) is 57.3. The second kappa shape index (κ2) is 24.3. The van der Waals surface area contributed by atoms with Gasteiger partial charge in [0.05, 0.1) is 15.8 Å². The van der Waals surface area contributed by atoms with Crippen molar-refractivity contribution >= 4 is 49.7 Å². The number of sulfonamides is 2. The lowest BCUT2D eigenvalue weighted by Crippen LogP contribution is -2.45. The number of carbonyl (C=O) groups excluding carboxylic acids is 3. The summed E-state index contributed by atoms with van der Waals surface area (Å²) < 4.78 is 64.1. The first-order valence-corrected chi connectivity index (χ1v) is 24.4. The van der Waals surface area contributed by atoms with Crippen molar-refractivity contribution in [1.29, 1.82) is 0 Å². The standard InChI is InChI=1S/C25H34N2O5S.C14H19NO4.C10H16N2O2S/c1-24(2,3)27-33(30,31)20-14-12-19(13-15-20)17-22(28)21(16-18-10-8-7-9-11-18)26-23(29)32-25(4,5)6;1-14(2,3)19-13(18)15-11(12(16)17)9-10-7-5-4-6-8-10;1-10(2,3)12-15(13,14)9-6-4-8(11)5-7-9/h7-15,21,27H,16-17H2,1-6H3,(H,26,29);4-8,11H,9H2,1-3H3,(H,15,18)(H,16,17);4-7,12H,11H2,1-3H3/t21-;11-;/m00./s1. The summed E-state index contributed by atoms with van der Waals surface area (Å²) in [5, 5.41) is 14.2. The van der Waals surface area contributed by atoms with E-state index in [0.717, 1.165) is 11.1 Å². The monoisotopic (exact) mass is 967 g/mol. The van der Waals surface area contributed by atoms with Gasteiger partial charge in [-0.2, -0.15) is 0 Å². The molecule has 4 rings (SSSR count). The van der Waals surface area contributed by atoms with Crippen molar-refractivity contribution in [3.05, 3.63) is 126 Å². The maximum Gasteiger partial charge on any atom is 0.408 e. The van der Waals surface area contributed by atoms with Crippen LogP contribution in [0.4, 0.5) is 15.3 Å². The minimum Gasteiger partial charge on any atom is -0.480 e. The van der Waals surface area contributed by atoms with Crippen LogP contribution < -0.4 is 25.8 Å². The predicted molar refractivity (Wildman–Crippen MR) is 260 cm³/mol. The van der Waals surface area contributed by atoms with E-state index < -0.39 is 72.6 Å². The fraction of sp³-hybridized carbons (Fsp3) is 0.429. The molecule has 0 spiro atoms. The third kappa shape index (κ3) is 24.0. The van der Waals surface area contributed by atoms with E-state index >= 15 is 0 Å². The average Bonchev–Trinajstić information content (AvgIpc) is 3.16. The molecule has 368 valence electrons. The number of hydrogen-bond acceptors (Lipinski definition) is 11. The molecule has 2 amide bonds. The van der Waals surface area contributed by atoms with Crippen LogP contribution in [-0.2, 0) is 58.4 Å².